The summed E-state index contributed by atoms with van der Waals surface area (Å²) in [5.74, 6) is 0.326. The van der Waals surface area contributed by atoms with Crippen LogP contribution in [0, 0.1) is 11.3 Å². The topological polar surface area (TPSA) is 114 Å². The number of H-pyrrole nitrogens is 1. The molecule has 0 bridgehead atoms. The molecule has 7 nitrogen and oxygen atoms in total. The first kappa shape index (κ1) is 19.6. The van der Waals surface area contributed by atoms with E-state index in [1.165, 1.54) is 0 Å². The highest BCUT2D eigenvalue weighted by Gasteiger charge is 2.12. The fourth-order valence-electron chi connectivity index (χ4n) is 3.09. The van der Waals surface area contributed by atoms with Crippen LogP contribution >= 0.6 is 0 Å². The number of hydrogen-bond donors (Lipinski definition) is 3. The van der Waals surface area contributed by atoms with E-state index in [2.05, 4.69) is 20.5 Å². The zero-order chi connectivity index (χ0) is 21.6. The minimum absolute atomic E-state index is 0.0560. The van der Waals surface area contributed by atoms with Crippen molar-refractivity contribution >= 4 is 12.2 Å². The second kappa shape index (κ2) is 8.76. The first-order valence-corrected chi connectivity index (χ1v) is 9.42. The van der Waals surface area contributed by atoms with Crippen molar-refractivity contribution in [2.45, 2.75) is 0 Å². The monoisotopic (exact) mass is 407 g/mol. The van der Waals surface area contributed by atoms with Crippen molar-refractivity contribution in [3.05, 3.63) is 100 Å². The molecule has 0 atom stereocenters. The van der Waals surface area contributed by atoms with Crippen LogP contribution < -0.4 is 11.0 Å². The molecule has 0 radical (unpaired) electrons. The number of hydrazone groups is 1. The van der Waals surface area contributed by atoms with Crippen molar-refractivity contribution in [1.82, 2.24) is 9.97 Å². The molecule has 3 N–H and O–H groups in total. The van der Waals surface area contributed by atoms with E-state index >= 15 is 0 Å². The number of nitrogens with one attached hydrogen (secondary N) is 2. The molecule has 0 aliphatic heterocycles. The van der Waals surface area contributed by atoms with Crippen LogP contribution in [0.15, 0.2) is 88.8 Å². The van der Waals surface area contributed by atoms with Gasteiger partial charge in [0.25, 0.3) is 5.56 Å². The highest BCUT2D eigenvalue weighted by Crippen LogP contribution is 2.23. The number of phenolic OH excluding ortho intramolecular Hbond substituents is 1. The lowest BCUT2D eigenvalue weighted by Gasteiger charge is -2.06. The van der Waals surface area contributed by atoms with Gasteiger partial charge in [0.1, 0.15) is 17.4 Å². The van der Waals surface area contributed by atoms with Crippen molar-refractivity contribution in [2.75, 3.05) is 5.43 Å². The Morgan fingerprint density at radius 3 is 2.42 bits per heavy atom. The van der Waals surface area contributed by atoms with Crippen LogP contribution in [0.1, 0.15) is 11.1 Å². The zero-order valence-corrected chi connectivity index (χ0v) is 16.3. The number of hydrogen-bond acceptors (Lipinski definition) is 6. The molecular weight excluding hydrogens is 390 g/mol. The number of aromatic hydroxyl groups is 1. The van der Waals surface area contributed by atoms with Gasteiger partial charge in [-0.05, 0) is 34.9 Å². The van der Waals surface area contributed by atoms with Crippen molar-refractivity contribution in [3.8, 4) is 34.2 Å². The smallest absolute Gasteiger partial charge is 0.270 e. The summed E-state index contributed by atoms with van der Waals surface area (Å²) in [6.07, 6.45) is 1.59. The summed E-state index contributed by atoms with van der Waals surface area (Å²) in [4.78, 5) is 19.2. The molecule has 0 spiro atoms. The van der Waals surface area contributed by atoms with Gasteiger partial charge in [0, 0.05) is 5.56 Å². The highest BCUT2D eigenvalue weighted by molar-refractivity contribution is 5.83. The van der Waals surface area contributed by atoms with Gasteiger partial charge in [0.15, 0.2) is 0 Å². The normalized spacial score (nSPS) is 10.7. The number of nitrogens with zero attached hydrogens (tertiary/aromatic N) is 3. The molecule has 4 rings (SSSR count). The minimum atomic E-state index is -0.542. The van der Waals surface area contributed by atoms with E-state index in [4.69, 9.17) is 0 Å². The lowest BCUT2D eigenvalue weighted by molar-refractivity contribution is 0.475. The van der Waals surface area contributed by atoms with E-state index in [0.717, 1.165) is 16.7 Å². The number of anilines is 1. The summed E-state index contributed by atoms with van der Waals surface area (Å²) >= 11 is 0. The van der Waals surface area contributed by atoms with Crippen molar-refractivity contribution < 1.29 is 5.11 Å². The second-order valence-corrected chi connectivity index (χ2v) is 6.66. The molecular formula is C24H17N5O2. The molecule has 150 valence electrons. The Morgan fingerprint density at radius 2 is 1.68 bits per heavy atom. The molecule has 0 saturated heterocycles. The van der Waals surface area contributed by atoms with Gasteiger partial charge < -0.3 is 5.11 Å². The molecule has 4 aromatic rings. The van der Waals surface area contributed by atoms with E-state index in [1.54, 1.807) is 36.5 Å². The van der Waals surface area contributed by atoms with Crippen LogP contribution in [0.3, 0.4) is 0 Å². The van der Waals surface area contributed by atoms with Crippen LogP contribution in [0.25, 0.3) is 22.4 Å². The summed E-state index contributed by atoms with van der Waals surface area (Å²) in [6.45, 7) is 0. The van der Waals surface area contributed by atoms with E-state index in [9.17, 15) is 15.2 Å². The number of phenols is 1. The molecule has 31 heavy (non-hydrogen) atoms. The van der Waals surface area contributed by atoms with E-state index in [-0.39, 0.29) is 23.0 Å². The number of rotatable bonds is 5. The van der Waals surface area contributed by atoms with Gasteiger partial charge in [0.2, 0.25) is 5.95 Å². The maximum Gasteiger partial charge on any atom is 0.270 e. The Balaban J connectivity index is 1.59. The molecule has 7 heteroatoms. The molecule has 0 fully saturated rings. The van der Waals surface area contributed by atoms with Crippen LogP contribution in [0.5, 0.6) is 5.75 Å². The Labute approximate surface area is 178 Å². The van der Waals surface area contributed by atoms with Gasteiger partial charge in [-0.25, -0.2) is 10.4 Å². The third-order valence-electron chi connectivity index (χ3n) is 4.53. The van der Waals surface area contributed by atoms with Gasteiger partial charge in [-0.2, -0.15) is 10.4 Å². The van der Waals surface area contributed by atoms with Crippen molar-refractivity contribution in [2.24, 2.45) is 5.10 Å². The van der Waals surface area contributed by atoms with Crippen LogP contribution in [0.2, 0.25) is 0 Å². The van der Waals surface area contributed by atoms with Crippen LogP contribution in [-0.4, -0.2) is 21.3 Å². The van der Waals surface area contributed by atoms with Crippen molar-refractivity contribution in [1.29, 1.82) is 5.26 Å². The summed E-state index contributed by atoms with van der Waals surface area (Å²) in [5, 5.41) is 23.2. The number of benzene rings is 3. The average molecular weight is 407 g/mol. The Morgan fingerprint density at radius 1 is 0.968 bits per heavy atom. The Bertz CT molecular complexity index is 1350. The molecule has 3 aromatic carbocycles. The fourth-order valence-corrected chi connectivity index (χ4v) is 3.09. The van der Waals surface area contributed by atoms with Gasteiger partial charge in [-0.3, -0.25) is 9.78 Å². The average Bonchev–Trinajstić information content (AvgIpc) is 2.79. The molecule has 1 heterocycles. The summed E-state index contributed by atoms with van der Waals surface area (Å²) in [5.41, 5.74) is 5.69. The van der Waals surface area contributed by atoms with E-state index < -0.39 is 5.56 Å². The second-order valence-electron chi connectivity index (χ2n) is 6.66. The fraction of sp³-hybridized carbons (Fsp3) is 0. The van der Waals surface area contributed by atoms with Crippen LogP contribution in [0.4, 0.5) is 5.95 Å². The lowest BCUT2D eigenvalue weighted by atomic mass is 10.0. The quantitative estimate of drug-likeness (QED) is 0.340. The molecule has 0 aliphatic rings. The van der Waals surface area contributed by atoms with Crippen molar-refractivity contribution in [3.63, 3.8) is 0 Å². The first-order valence-electron chi connectivity index (χ1n) is 9.42. The van der Waals surface area contributed by atoms with Gasteiger partial charge in [-0.15, -0.1) is 0 Å². The number of aromatic amines is 1. The number of aromatic nitrogens is 2. The molecule has 0 unspecified atom stereocenters. The number of nitriles is 1. The third-order valence-corrected chi connectivity index (χ3v) is 4.53. The van der Waals surface area contributed by atoms with Gasteiger partial charge in [0.05, 0.1) is 11.9 Å². The molecule has 0 amide bonds. The summed E-state index contributed by atoms with van der Waals surface area (Å²) < 4.78 is 0. The molecule has 0 aliphatic carbocycles. The largest absolute Gasteiger partial charge is 0.508 e. The Kier molecular flexibility index (Phi) is 5.54. The lowest BCUT2D eigenvalue weighted by Crippen LogP contribution is -2.16. The maximum atomic E-state index is 12.3. The van der Waals surface area contributed by atoms with Gasteiger partial charge >= 0.3 is 0 Å². The Hall–Kier alpha value is -4.70. The molecule has 0 saturated carbocycles. The van der Waals surface area contributed by atoms with Crippen LogP contribution in [-0.2, 0) is 0 Å². The predicted octanol–water partition coefficient (Wildman–Crippen LogP) is 4.13. The summed E-state index contributed by atoms with van der Waals surface area (Å²) in [7, 11) is 0. The first-order chi connectivity index (χ1) is 15.1. The van der Waals surface area contributed by atoms with E-state index in [1.807, 2.05) is 54.6 Å². The van der Waals surface area contributed by atoms with Gasteiger partial charge in [-0.1, -0.05) is 60.7 Å². The zero-order valence-electron chi connectivity index (χ0n) is 16.3. The third kappa shape index (κ3) is 4.49. The standard InChI is InChI=1S/C24H17N5O2/c25-14-21-22(17-7-2-1-3-8-17)27-24(28-23(21)31)29-26-15-16-6-4-9-18(12-16)19-10-5-11-20(30)13-19/h1-13,15,30H,(H2,27,28,29,31). The van der Waals surface area contributed by atoms with E-state index in [0.29, 0.717) is 5.56 Å². The highest BCUT2D eigenvalue weighted by atomic mass is 16.3. The predicted molar refractivity (Wildman–Crippen MR) is 120 cm³/mol. The molecule has 1 aromatic heterocycles. The SMILES string of the molecule is N#Cc1c(-c2ccccc2)nc(NN=Cc2cccc(-c3cccc(O)c3)c2)[nH]c1=O. The minimum Gasteiger partial charge on any atom is -0.508 e. The maximum absolute atomic E-state index is 12.3. The summed E-state index contributed by atoms with van der Waals surface area (Å²) in [6, 6.07) is 25.5.